The Morgan fingerprint density at radius 3 is 2.53 bits per heavy atom. The fourth-order valence-corrected chi connectivity index (χ4v) is 5.36. The zero-order valence-electron chi connectivity index (χ0n) is 21.9. The van der Waals surface area contributed by atoms with Gasteiger partial charge in [-0.25, -0.2) is 0 Å². The Kier molecular flexibility index (Phi) is 6.77. The molecule has 1 aliphatic heterocycles. The first-order chi connectivity index (χ1) is 18.6. The number of rotatable bonds is 8. The molecule has 7 nitrogen and oxygen atoms in total. The van der Waals surface area contributed by atoms with Gasteiger partial charge in [-0.15, -0.1) is 0 Å². The predicted molar refractivity (Wildman–Crippen MR) is 149 cm³/mol. The molecule has 3 aromatic carbocycles. The molecule has 1 saturated carbocycles. The van der Waals surface area contributed by atoms with Crippen LogP contribution < -0.4 is 14.8 Å². The van der Waals surface area contributed by atoms with E-state index in [1.165, 1.54) is 0 Å². The minimum atomic E-state index is -0.0701. The van der Waals surface area contributed by atoms with Crippen molar-refractivity contribution in [2.75, 3.05) is 27.2 Å². The van der Waals surface area contributed by atoms with Gasteiger partial charge in [-0.05, 0) is 80.6 Å². The molecule has 1 amide bonds. The molecule has 196 valence electrons. The number of methoxy groups -OCH3 is 1. The van der Waals surface area contributed by atoms with Crippen molar-refractivity contribution in [2.45, 2.75) is 37.8 Å². The smallest absolute Gasteiger partial charge is 0.251 e. The highest BCUT2D eigenvalue weighted by Crippen LogP contribution is 2.41. The Morgan fingerprint density at radius 2 is 1.79 bits per heavy atom. The van der Waals surface area contributed by atoms with Gasteiger partial charge in [-0.2, -0.15) is 5.10 Å². The summed E-state index contributed by atoms with van der Waals surface area (Å²) in [6.07, 6.45) is 4.48. The van der Waals surface area contributed by atoms with Gasteiger partial charge in [0, 0.05) is 29.6 Å². The number of aromatic nitrogens is 2. The lowest BCUT2D eigenvalue weighted by Crippen LogP contribution is -2.35. The molecule has 0 bridgehead atoms. The van der Waals surface area contributed by atoms with Crippen molar-refractivity contribution in [3.05, 3.63) is 77.9 Å². The number of hydrogen-bond acceptors (Lipinski definition) is 5. The summed E-state index contributed by atoms with van der Waals surface area (Å²) in [5.74, 6) is 1.86. The van der Waals surface area contributed by atoms with Gasteiger partial charge in [0.1, 0.15) is 11.8 Å². The van der Waals surface area contributed by atoms with E-state index in [9.17, 15) is 4.79 Å². The van der Waals surface area contributed by atoms with Crippen molar-refractivity contribution in [2.24, 2.45) is 5.92 Å². The van der Waals surface area contributed by atoms with Gasteiger partial charge in [-0.3, -0.25) is 9.89 Å². The Labute approximate surface area is 223 Å². The molecule has 1 aromatic heterocycles. The third kappa shape index (κ3) is 5.11. The summed E-state index contributed by atoms with van der Waals surface area (Å²) >= 11 is 0. The second kappa shape index (κ2) is 10.5. The van der Waals surface area contributed by atoms with Crippen molar-refractivity contribution in [3.8, 4) is 22.8 Å². The molecule has 6 rings (SSSR count). The Balaban J connectivity index is 1.25. The number of fused-ring (bicyclic) bond motifs is 1. The van der Waals surface area contributed by atoms with Crippen molar-refractivity contribution in [1.29, 1.82) is 0 Å². The summed E-state index contributed by atoms with van der Waals surface area (Å²) < 4.78 is 12.0. The van der Waals surface area contributed by atoms with E-state index in [4.69, 9.17) is 9.47 Å². The first-order valence-electron chi connectivity index (χ1n) is 13.5. The van der Waals surface area contributed by atoms with E-state index in [1.807, 2.05) is 54.6 Å². The van der Waals surface area contributed by atoms with Crippen LogP contribution in [-0.4, -0.2) is 54.4 Å². The standard InChI is InChI=1S/C31H34N4O3/c1-35-16-14-24(15-17-35)38-27-13-11-22(19-28(27)37-2)30-25-18-23(10-12-26(25)33-34-30)31(36)32-29(21-8-9-21)20-6-4-3-5-7-20/h3-7,10-13,18-19,21,24,29H,8-9,14-17H2,1-2H3,(H,32,36)(H,33,34). The zero-order valence-corrected chi connectivity index (χ0v) is 21.9. The van der Waals surface area contributed by atoms with Crippen LogP contribution in [0.15, 0.2) is 66.7 Å². The molecule has 1 unspecified atom stereocenters. The molecule has 0 spiro atoms. The lowest BCUT2D eigenvalue weighted by atomic mass is 10.0. The molecule has 0 radical (unpaired) electrons. The highest BCUT2D eigenvalue weighted by Gasteiger charge is 2.33. The first kappa shape index (κ1) is 24.5. The van der Waals surface area contributed by atoms with Gasteiger partial charge in [0.2, 0.25) is 0 Å². The van der Waals surface area contributed by atoms with Gasteiger partial charge in [0.05, 0.1) is 18.7 Å². The average molecular weight is 511 g/mol. The Morgan fingerprint density at radius 1 is 1.00 bits per heavy atom. The molecule has 2 fully saturated rings. The highest BCUT2D eigenvalue weighted by atomic mass is 16.5. The van der Waals surface area contributed by atoms with Crippen LogP contribution in [0, 0.1) is 5.92 Å². The molecule has 1 aliphatic carbocycles. The van der Waals surface area contributed by atoms with Gasteiger partial charge < -0.3 is 19.7 Å². The molecule has 4 aromatic rings. The minimum Gasteiger partial charge on any atom is -0.493 e. The molecule has 2 heterocycles. The van der Waals surface area contributed by atoms with Gasteiger partial charge in [-0.1, -0.05) is 30.3 Å². The van der Waals surface area contributed by atoms with Crippen molar-refractivity contribution in [3.63, 3.8) is 0 Å². The van der Waals surface area contributed by atoms with E-state index in [1.54, 1.807) is 7.11 Å². The summed E-state index contributed by atoms with van der Waals surface area (Å²) in [6.45, 7) is 2.07. The second-order valence-corrected chi connectivity index (χ2v) is 10.5. The molecular weight excluding hydrogens is 476 g/mol. The van der Waals surface area contributed by atoms with E-state index in [0.717, 1.165) is 72.2 Å². The number of carbonyl (C=O) groups is 1. The van der Waals surface area contributed by atoms with Gasteiger partial charge >= 0.3 is 0 Å². The van der Waals surface area contributed by atoms with Gasteiger partial charge in [0.15, 0.2) is 11.5 Å². The molecule has 1 saturated heterocycles. The summed E-state index contributed by atoms with van der Waals surface area (Å²) in [7, 11) is 3.80. The third-order valence-electron chi connectivity index (χ3n) is 7.76. The van der Waals surface area contributed by atoms with Crippen LogP contribution in [0.2, 0.25) is 0 Å². The first-order valence-corrected chi connectivity index (χ1v) is 13.5. The molecule has 7 heteroatoms. The number of nitrogens with zero attached hydrogens (tertiary/aromatic N) is 2. The molecule has 38 heavy (non-hydrogen) atoms. The normalized spacial score (nSPS) is 17.3. The summed E-state index contributed by atoms with van der Waals surface area (Å²) in [5.41, 5.74) is 4.34. The van der Waals surface area contributed by atoms with E-state index in [0.29, 0.717) is 17.2 Å². The van der Waals surface area contributed by atoms with Gasteiger partial charge in [0.25, 0.3) is 5.91 Å². The number of benzene rings is 3. The molecule has 1 atom stereocenters. The maximum atomic E-state index is 13.3. The van der Waals surface area contributed by atoms with Crippen LogP contribution >= 0.6 is 0 Å². The van der Waals surface area contributed by atoms with Crippen LogP contribution in [-0.2, 0) is 0 Å². The quantitative estimate of drug-likeness (QED) is 0.323. The summed E-state index contributed by atoms with van der Waals surface area (Å²) in [6, 6.07) is 21.9. The largest absolute Gasteiger partial charge is 0.493 e. The molecule has 2 aliphatic rings. The Hall–Kier alpha value is -3.84. The number of ether oxygens (including phenoxy) is 2. The zero-order chi connectivity index (χ0) is 26.1. The molecular formula is C31H34N4O3. The van der Waals surface area contributed by atoms with E-state index in [-0.39, 0.29) is 18.1 Å². The summed E-state index contributed by atoms with van der Waals surface area (Å²) in [4.78, 5) is 15.7. The monoisotopic (exact) mass is 510 g/mol. The van der Waals surface area contributed by atoms with Crippen molar-refractivity contribution < 1.29 is 14.3 Å². The van der Waals surface area contributed by atoms with E-state index >= 15 is 0 Å². The van der Waals surface area contributed by atoms with E-state index < -0.39 is 0 Å². The topological polar surface area (TPSA) is 79.5 Å². The number of piperidine rings is 1. The van der Waals surface area contributed by atoms with Crippen LogP contribution in [0.4, 0.5) is 0 Å². The van der Waals surface area contributed by atoms with E-state index in [2.05, 4.69) is 39.6 Å². The minimum absolute atomic E-state index is 0.0320. The number of carbonyl (C=O) groups excluding carboxylic acids is 1. The fourth-order valence-electron chi connectivity index (χ4n) is 5.36. The second-order valence-electron chi connectivity index (χ2n) is 10.5. The highest BCUT2D eigenvalue weighted by molar-refractivity contribution is 6.01. The average Bonchev–Trinajstić information content (AvgIpc) is 3.71. The summed E-state index contributed by atoms with van der Waals surface area (Å²) in [5, 5.41) is 11.9. The number of H-pyrrole nitrogens is 1. The number of nitrogens with one attached hydrogen (secondary N) is 2. The van der Waals surface area contributed by atoms with Crippen LogP contribution in [0.25, 0.3) is 22.2 Å². The van der Waals surface area contributed by atoms with Crippen molar-refractivity contribution in [1.82, 2.24) is 20.4 Å². The third-order valence-corrected chi connectivity index (χ3v) is 7.76. The fraction of sp³-hybridized carbons (Fsp3) is 0.355. The maximum absolute atomic E-state index is 13.3. The predicted octanol–water partition coefficient (Wildman–Crippen LogP) is 5.59. The Bertz CT molecular complexity index is 1420. The number of aromatic amines is 1. The van der Waals surface area contributed by atoms with Crippen LogP contribution in [0.1, 0.15) is 47.6 Å². The molecule has 2 N–H and O–H groups in total. The lowest BCUT2D eigenvalue weighted by molar-refractivity contribution is 0.0932. The number of amides is 1. The SMILES string of the molecule is COc1cc(-c2n[nH]c3ccc(C(=O)NC(c4ccccc4)C4CC4)cc23)ccc1OC1CCN(C)CC1. The number of hydrogen-bond donors (Lipinski definition) is 2. The van der Waals surface area contributed by atoms with Crippen LogP contribution in [0.5, 0.6) is 11.5 Å². The maximum Gasteiger partial charge on any atom is 0.251 e. The van der Waals surface area contributed by atoms with Crippen molar-refractivity contribution >= 4 is 16.8 Å². The lowest BCUT2D eigenvalue weighted by Gasteiger charge is -2.29. The number of likely N-dealkylation sites (tertiary alicyclic amines) is 1. The van der Waals surface area contributed by atoms with Crippen LogP contribution in [0.3, 0.4) is 0 Å².